The third kappa shape index (κ3) is 3.93. The number of benzene rings is 1. The Morgan fingerprint density at radius 2 is 1.78 bits per heavy atom. The first-order valence-corrected chi connectivity index (χ1v) is 5.34. The van der Waals surface area contributed by atoms with E-state index < -0.39 is 17.6 Å². The molecule has 0 atom stereocenters. The Morgan fingerprint density at radius 1 is 1.22 bits per heavy atom. The van der Waals surface area contributed by atoms with Crippen LogP contribution in [-0.2, 0) is 16.1 Å². The number of aliphatic carboxylic acids is 1. The highest BCUT2D eigenvalue weighted by atomic mass is 16.4. The lowest BCUT2D eigenvalue weighted by molar-refractivity contribution is -0.136. The van der Waals surface area contributed by atoms with E-state index in [1.54, 1.807) is 0 Å². The summed E-state index contributed by atoms with van der Waals surface area (Å²) in [7, 11) is 1.54. The molecule has 5 nitrogen and oxygen atoms in total. The molecule has 0 saturated carbocycles. The Labute approximate surface area is 105 Å². The van der Waals surface area contributed by atoms with Gasteiger partial charge in [0.1, 0.15) is 0 Å². The molecule has 18 heavy (non-hydrogen) atoms. The topological polar surface area (TPSA) is 77.8 Å². The zero-order valence-electron chi connectivity index (χ0n) is 10.3. The standard InChI is InChI=1S/C13H15NO4/c1-9-3-5-10(6-4-9)8-14(2)12(16)7-11(15)13(17)18/h3-7,15H,8H2,1-2H3,(H,17,18)/b11-7-. The number of aliphatic hydroxyl groups is 1. The van der Waals surface area contributed by atoms with Crippen LogP contribution >= 0.6 is 0 Å². The summed E-state index contributed by atoms with van der Waals surface area (Å²) in [6.07, 6.45) is 0.691. The summed E-state index contributed by atoms with van der Waals surface area (Å²) in [4.78, 5) is 23.2. The molecule has 0 unspecified atom stereocenters. The lowest BCUT2D eigenvalue weighted by Gasteiger charge is -2.15. The van der Waals surface area contributed by atoms with Gasteiger partial charge in [0, 0.05) is 13.6 Å². The fraction of sp³-hybridized carbons (Fsp3) is 0.231. The third-order valence-corrected chi connectivity index (χ3v) is 2.40. The van der Waals surface area contributed by atoms with Crippen LogP contribution in [0, 0.1) is 6.92 Å². The fourth-order valence-corrected chi connectivity index (χ4v) is 1.33. The summed E-state index contributed by atoms with van der Waals surface area (Å²) in [6.45, 7) is 2.31. The Bertz CT molecular complexity index is 476. The number of nitrogens with zero attached hydrogens (tertiary/aromatic N) is 1. The molecule has 0 heterocycles. The van der Waals surface area contributed by atoms with E-state index in [4.69, 9.17) is 10.2 Å². The van der Waals surface area contributed by atoms with Gasteiger partial charge in [0.2, 0.25) is 5.76 Å². The number of hydrogen-bond donors (Lipinski definition) is 2. The number of carbonyl (C=O) groups is 2. The van der Waals surface area contributed by atoms with E-state index in [2.05, 4.69) is 0 Å². The van der Waals surface area contributed by atoms with E-state index in [1.165, 1.54) is 11.9 Å². The van der Waals surface area contributed by atoms with Crippen molar-refractivity contribution in [2.45, 2.75) is 13.5 Å². The van der Waals surface area contributed by atoms with Crippen LogP contribution in [0.25, 0.3) is 0 Å². The summed E-state index contributed by atoms with van der Waals surface area (Å²) in [6, 6.07) is 7.64. The SMILES string of the molecule is Cc1ccc(CN(C)C(=O)/C=C(\O)C(=O)O)cc1. The summed E-state index contributed by atoms with van der Waals surface area (Å²) < 4.78 is 0. The van der Waals surface area contributed by atoms with Crippen molar-refractivity contribution < 1.29 is 19.8 Å². The van der Waals surface area contributed by atoms with Gasteiger partial charge in [-0.25, -0.2) is 4.79 Å². The van der Waals surface area contributed by atoms with Gasteiger partial charge in [-0.3, -0.25) is 4.79 Å². The summed E-state index contributed by atoms with van der Waals surface area (Å²) >= 11 is 0. The van der Waals surface area contributed by atoms with Crippen LogP contribution in [0.3, 0.4) is 0 Å². The lowest BCUT2D eigenvalue weighted by atomic mass is 10.1. The number of carboxylic acid groups (broad SMARTS) is 1. The highest BCUT2D eigenvalue weighted by Gasteiger charge is 2.11. The van der Waals surface area contributed by atoms with Crippen molar-refractivity contribution in [2.24, 2.45) is 0 Å². The number of likely N-dealkylation sites (N-methyl/N-ethyl adjacent to an activating group) is 1. The molecule has 1 aromatic carbocycles. The minimum absolute atomic E-state index is 0.350. The van der Waals surface area contributed by atoms with Gasteiger partial charge in [0.25, 0.3) is 5.91 Å². The molecule has 1 amide bonds. The van der Waals surface area contributed by atoms with E-state index in [0.717, 1.165) is 11.1 Å². The molecule has 0 aliphatic carbocycles. The van der Waals surface area contributed by atoms with Gasteiger partial charge in [0.15, 0.2) is 0 Å². The Hall–Kier alpha value is -2.30. The molecule has 0 radical (unpaired) electrons. The molecule has 5 heteroatoms. The maximum absolute atomic E-state index is 11.6. The number of amides is 1. The molecular weight excluding hydrogens is 234 g/mol. The van der Waals surface area contributed by atoms with Gasteiger partial charge >= 0.3 is 5.97 Å². The van der Waals surface area contributed by atoms with Crippen molar-refractivity contribution in [3.63, 3.8) is 0 Å². The first-order valence-electron chi connectivity index (χ1n) is 5.34. The minimum atomic E-state index is -1.52. The van der Waals surface area contributed by atoms with Gasteiger partial charge in [-0.1, -0.05) is 29.8 Å². The molecule has 0 saturated heterocycles. The fourth-order valence-electron chi connectivity index (χ4n) is 1.33. The molecule has 0 aliphatic heterocycles. The second-order valence-corrected chi connectivity index (χ2v) is 4.01. The normalized spacial score (nSPS) is 11.1. The van der Waals surface area contributed by atoms with Crippen molar-refractivity contribution in [2.75, 3.05) is 7.05 Å². The second kappa shape index (κ2) is 5.86. The molecule has 1 rings (SSSR count). The number of carbonyl (C=O) groups excluding carboxylic acids is 1. The second-order valence-electron chi connectivity index (χ2n) is 4.01. The molecule has 0 bridgehead atoms. The van der Waals surface area contributed by atoms with E-state index in [9.17, 15) is 9.59 Å². The Balaban J connectivity index is 2.68. The predicted molar refractivity (Wildman–Crippen MR) is 66.0 cm³/mol. The minimum Gasteiger partial charge on any atom is -0.502 e. The average molecular weight is 249 g/mol. The van der Waals surface area contributed by atoms with Gasteiger partial charge in [-0.2, -0.15) is 0 Å². The van der Waals surface area contributed by atoms with Crippen LogP contribution in [-0.4, -0.2) is 34.0 Å². The quantitative estimate of drug-likeness (QED) is 0.626. The van der Waals surface area contributed by atoms with Crippen LogP contribution in [0.1, 0.15) is 11.1 Å². The maximum atomic E-state index is 11.6. The molecule has 0 aromatic heterocycles. The number of aryl methyl sites for hydroxylation is 1. The highest BCUT2D eigenvalue weighted by Crippen LogP contribution is 2.06. The van der Waals surface area contributed by atoms with E-state index in [-0.39, 0.29) is 0 Å². The first-order chi connectivity index (χ1) is 8.40. The summed E-state index contributed by atoms with van der Waals surface area (Å²) in [5.41, 5.74) is 2.05. The molecule has 1 aromatic rings. The largest absolute Gasteiger partial charge is 0.502 e. The Kier molecular flexibility index (Phi) is 4.48. The van der Waals surface area contributed by atoms with Crippen molar-refractivity contribution in [1.82, 2.24) is 4.90 Å². The van der Waals surface area contributed by atoms with Crippen LogP contribution < -0.4 is 0 Å². The average Bonchev–Trinajstić information content (AvgIpc) is 2.31. The zero-order chi connectivity index (χ0) is 13.7. The lowest BCUT2D eigenvalue weighted by Crippen LogP contribution is -2.25. The van der Waals surface area contributed by atoms with E-state index in [1.807, 2.05) is 31.2 Å². The van der Waals surface area contributed by atoms with Crippen molar-refractivity contribution in [1.29, 1.82) is 0 Å². The molecular formula is C13H15NO4. The molecule has 0 spiro atoms. The van der Waals surface area contributed by atoms with Crippen LogP contribution in [0.4, 0.5) is 0 Å². The monoisotopic (exact) mass is 249 g/mol. The van der Waals surface area contributed by atoms with Crippen LogP contribution in [0.5, 0.6) is 0 Å². The highest BCUT2D eigenvalue weighted by molar-refractivity contribution is 5.95. The van der Waals surface area contributed by atoms with Gasteiger partial charge < -0.3 is 15.1 Å². The Morgan fingerprint density at radius 3 is 2.28 bits per heavy atom. The molecule has 0 aliphatic rings. The van der Waals surface area contributed by atoms with Crippen molar-refractivity contribution >= 4 is 11.9 Å². The number of hydrogen-bond acceptors (Lipinski definition) is 3. The van der Waals surface area contributed by atoms with E-state index in [0.29, 0.717) is 12.6 Å². The van der Waals surface area contributed by atoms with Crippen molar-refractivity contribution in [3.05, 3.63) is 47.2 Å². The van der Waals surface area contributed by atoms with E-state index >= 15 is 0 Å². The summed E-state index contributed by atoms with van der Waals surface area (Å²) in [5, 5.41) is 17.4. The number of aliphatic hydroxyl groups excluding tert-OH is 1. The number of rotatable bonds is 4. The van der Waals surface area contributed by atoms with Gasteiger partial charge in [0.05, 0.1) is 6.08 Å². The summed E-state index contributed by atoms with van der Waals surface area (Å²) in [5.74, 6) is -3.04. The molecule has 2 N–H and O–H groups in total. The van der Waals surface area contributed by atoms with Crippen LogP contribution in [0.15, 0.2) is 36.1 Å². The van der Waals surface area contributed by atoms with Crippen molar-refractivity contribution in [3.8, 4) is 0 Å². The van der Waals surface area contributed by atoms with Gasteiger partial charge in [-0.05, 0) is 12.5 Å². The van der Waals surface area contributed by atoms with Crippen LogP contribution in [0.2, 0.25) is 0 Å². The predicted octanol–water partition coefficient (Wildman–Crippen LogP) is 1.48. The molecule has 0 fully saturated rings. The third-order valence-electron chi connectivity index (χ3n) is 2.40. The van der Waals surface area contributed by atoms with Gasteiger partial charge in [-0.15, -0.1) is 0 Å². The first kappa shape index (κ1) is 13.8. The zero-order valence-corrected chi connectivity index (χ0v) is 10.3. The smallest absolute Gasteiger partial charge is 0.371 e. The maximum Gasteiger partial charge on any atom is 0.371 e. The molecule has 96 valence electrons. The number of carboxylic acids is 1.